The van der Waals surface area contributed by atoms with Crippen molar-refractivity contribution in [1.29, 1.82) is 0 Å². The first-order valence-corrected chi connectivity index (χ1v) is 11.0. The Kier molecular flexibility index (Phi) is 6.35. The maximum atomic E-state index is 13.6. The number of rotatable bonds is 6. The fourth-order valence-electron chi connectivity index (χ4n) is 3.99. The zero-order chi connectivity index (χ0) is 19.3. The summed E-state index contributed by atoms with van der Waals surface area (Å²) in [6.07, 6.45) is 0.829. The van der Waals surface area contributed by atoms with Crippen molar-refractivity contribution < 1.29 is 9.53 Å². The second-order valence-electron chi connectivity index (χ2n) is 7.63. The molecule has 2 aliphatic heterocycles. The Morgan fingerprint density at radius 1 is 1.14 bits per heavy atom. The Balaban J connectivity index is 1.49. The lowest BCUT2D eigenvalue weighted by Crippen LogP contribution is -2.50. The normalized spacial score (nSPS) is 20.5. The van der Waals surface area contributed by atoms with Crippen molar-refractivity contribution in [3.8, 4) is 0 Å². The van der Waals surface area contributed by atoms with Crippen LogP contribution in [-0.4, -0.2) is 59.8 Å². The van der Waals surface area contributed by atoms with Gasteiger partial charge in [-0.25, -0.2) is 0 Å². The summed E-state index contributed by atoms with van der Waals surface area (Å²) < 4.78 is 5.48. The van der Waals surface area contributed by atoms with E-state index in [0.29, 0.717) is 6.54 Å². The van der Waals surface area contributed by atoms with Crippen LogP contribution in [0.5, 0.6) is 0 Å². The molecular weight excluding hydrogens is 368 g/mol. The molecule has 5 heteroatoms. The van der Waals surface area contributed by atoms with E-state index in [1.54, 1.807) is 11.8 Å². The van der Waals surface area contributed by atoms with Crippen LogP contribution in [0.3, 0.4) is 0 Å². The number of hydrogen-bond acceptors (Lipinski definition) is 4. The minimum Gasteiger partial charge on any atom is -0.379 e. The average molecular weight is 397 g/mol. The fourth-order valence-corrected chi connectivity index (χ4v) is 5.26. The molecular formula is C23H28N2O2S. The molecule has 2 unspecified atom stereocenters. The molecule has 4 rings (SSSR count). The summed E-state index contributed by atoms with van der Waals surface area (Å²) >= 11 is 1.72. The first kappa shape index (κ1) is 19.5. The van der Waals surface area contributed by atoms with Gasteiger partial charge in [-0.15, -0.1) is 11.8 Å². The fraction of sp³-hybridized carbons (Fsp3) is 0.435. The van der Waals surface area contributed by atoms with Gasteiger partial charge in [0.15, 0.2) is 0 Å². The molecule has 2 heterocycles. The topological polar surface area (TPSA) is 32.8 Å². The van der Waals surface area contributed by atoms with E-state index in [1.165, 1.54) is 16.0 Å². The van der Waals surface area contributed by atoms with Crippen LogP contribution in [0, 0.1) is 0 Å². The summed E-state index contributed by atoms with van der Waals surface area (Å²) in [6, 6.07) is 18.9. The number of carbonyl (C=O) groups is 1. The third-order valence-electron chi connectivity index (χ3n) is 5.56. The minimum atomic E-state index is -0.0201. The van der Waals surface area contributed by atoms with E-state index >= 15 is 0 Å². The molecule has 0 saturated carbocycles. The summed E-state index contributed by atoms with van der Waals surface area (Å²) in [7, 11) is 0. The van der Waals surface area contributed by atoms with Gasteiger partial charge < -0.3 is 9.64 Å². The lowest BCUT2D eigenvalue weighted by molar-refractivity contribution is -0.133. The SMILES string of the molecule is CC(CN1CCOCC1)N(Cc1ccccc1)C(=O)C1Cc2ccccc2S1. The third-order valence-corrected chi connectivity index (χ3v) is 6.86. The summed E-state index contributed by atoms with van der Waals surface area (Å²) in [5.74, 6) is 0.255. The molecule has 1 saturated heterocycles. The van der Waals surface area contributed by atoms with Crippen LogP contribution in [-0.2, 0) is 22.5 Å². The summed E-state index contributed by atoms with van der Waals surface area (Å²) in [6.45, 7) is 7.21. The number of hydrogen-bond donors (Lipinski definition) is 0. The van der Waals surface area contributed by atoms with Gasteiger partial charge in [0.2, 0.25) is 5.91 Å². The van der Waals surface area contributed by atoms with Gasteiger partial charge in [0.25, 0.3) is 0 Å². The van der Waals surface area contributed by atoms with Gasteiger partial charge in [0.1, 0.15) is 0 Å². The lowest BCUT2D eigenvalue weighted by Gasteiger charge is -2.36. The predicted octanol–water partition coefficient (Wildman–Crippen LogP) is 3.45. The molecule has 0 bridgehead atoms. The van der Waals surface area contributed by atoms with E-state index in [4.69, 9.17) is 4.74 Å². The maximum Gasteiger partial charge on any atom is 0.236 e. The molecule has 2 aliphatic rings. The number of ether oxygens (including phenoxy) is 1. The van der Waals surface area contributed by atoms with Gasteiger partial charge in [-0.1, -0.05) is 48.5 Å². The summed E-state index contributed by atoms with van der Waals surface area (Å²) in [5, 5.41) is -0.0201. The van der Waals surface area contributed by atoms with E-state index in [0.717, 1.165) is 39.3 Å². The van der Waals surface area contributed by atoms with Crippen molar-refractivity contribution in [2.24, 2.45) is 0 Å². The van der Waals surface area contributed by atoms with Crippen LogP contribution in [0.2, 0.25) is 0 Å². The largest absolute Gasteiger partial charge is 0.379 e. The third kappa shape index (κ3) is 4.59. The van der Waals surface area contributed by atoms with E-state index in [1.807, 2.05) is 18.2 Å². The molecule has 1 amide bonds. The molecule has 0 aliphatic carbocycles. The highest BCUT2D eigenvalue weighted by Gasteiger charge is 2.33. The molecule has 0 N–H and O–H groups in total. The zero-order valence-corrected chi connectivity index (χ0v) is 17.2. The molecule has 2 atom stereocenters. The van der Waals surface area contributed by atoms with Gasteiger partial charge in [0.05, 0.1) is 18.5 Å². The van der Waals surface area contributed by atoms with Gasteiger partial charge in [-0.3, -0.25) is 9.69 Å². The number of morpholine rings is 1. The Hall–Kier alpha value is -1.82. The van der Waals surface area contributed by atoms with Gasteiger partial charge in [-0.05, 0) is 30.5 Å². The van der Waals surface area contributed by atoms with Crippen LogP contribution >= 0.6 is 11.8 Å². The van der Waals surface area contributed by atoms with E-state index in [-0.39, 0.29) is 17.2 Å². The second kappa shape index (κ2) is 9.12. The van der Waals surface area contributed by atoms with Crippen molar-refractivity contribution in [2.75, 3.05) is 32.8 Å². The average Bonchev–Trinajstić information content (AvgIpc) is 3.17. The Labute approximate surface area is 171 Å². The zero-order valence-electron chi connectivity index (χ0n) is 16.4. The molecule has 2 aromatic carbocycles. The highest BCUT2D eigenvalue weighted by atomic mass is 32.2. The highest BCUT2D eigenvalue weighted by molar-refractivity contribution is 8.01. The standard InChI is InChI=1S/C23H28N2O2S/c1-18(16-24-11-13-27-14-12-24)25(17-19-7-3-2-4-8-19)23(26)22-15-20-9-5-6-10-21(20)28-22/h2-10,18,22H,11-17H2,1H3. The molecule has 0 spiro atoms. The number of nitrogens with zero attached hydrogens (tertiary/aromatic N) is 2. The van der Waals surface area contributed by atoms with Gasteiger partial charge >= 0.3 is 0 Å². The number of thioether (sulfide) groups is 1. The van der Waals surface area contributed by atoms with Crippen LogP contribution < -0.4 is 0 Å². The smallest absolute Gasteiger partial charge is 0.236 e. The summed E-state index contributed by atoms with van der Waals surface area (Å²) in [5.41, 5.74) is 2.48. The van der Waals surface area contributed by atoms with Crippen molar-refractivity contribution in [3.05, 3.63) is 65.7 Å². The van der Waals surface area contributed by atoms with Crippen molar-refractivity contribution in [3.63, 3.8) is 0 Å². The summed E-state index contributed by atoms with van der Waals surface area (Å²) in [4.78, 5) is 19.3. The van der Waals surface area contributed by atoms with E-state index < -0.39 is 0 Å². The highest BCUT2D eigenvalue weighted by Crippen LogP contribution is 2.38. The second-order valence-corrected chi connectivity index (χ2v) is 8.88. The predicted molar refractivity (Wildman–Crippen MR) is 114 cm³/mol. The number of carbonyl (C=O) groups excluding carboxylic acids is 1. The molecule has 2 aromatic rings. The monoisotopic (exact) mass is 396 g/mol. The lowest BCUT2D eigenvalue weighted by atomic mass is 10.1. The quantitative estimate of drug-likeness (QED) is 0.749. The van der Waals surface area contributed by atoms with Crippen LogP contribution in [0.1, 0.15) is 18.1 Å². The van der Waals surface area contributed by atoms with Crippen molar-refractivity contribution in [1.82, 2.24) is 9.80 Å². The van der Waals surface area contributed by atoms with E-state index in [2.05, 4.69) is 53.1 Å². The van der Waals surface area contributed by atoms with Crippen LogP contribution in [0.25, 0.3) is 0 Å². The van der Waals surface area contributed by atoms with Crippen molar-refractivity contribution in [2.45, 2.75) is 36.1 Å². The molecule has 0 radical (unpaired) electrons. The van der Waals surface area contributed by atoms with E-state index in [9.17, 15) is 4.79 Å². The Morgan fingerprint density at radius 3 is 2.61 bits per heavy atom. The Morgan fingerprint density at radius 2 is 1.86 bits per heavy atom. The number of benzene rings is 2. The van der Waals surface area contributed by atoms with Crippen LogP contribution in [0.4, 0.5) is 0 Å². The molecule has 28 heavy (non-hydrogen) atoms. The van der Waals surface area contributed by atoms with Gasteiger partial charge in [0, 0.05) is 37.1 Å². The molecule has 1 fully saturated rings. The van der Waals surface area contributed by atoms with Crippen molar-refractivity contribution >= 4 is 17.7 Å². The van der Waals surface area contributed by atoms with Crippen LogP contribution in [0.15, 0.2) is 59.5 Å². The molecule has 4 nitrogen and oxygen atoms in total. The Bertz CT molecular complexity index is 767. The first-order valence-electron chi connectivity index (χ1n) is 10.1. The molecule has 148 valence electrons. The first-order chi connectivity index (χ1) is 13.7. The van der Waals surface area contributed by atoms with Gasteiger partial charge in [-0.2, -0.15) is 0 Å². The minimum absolute atomic E-state index is 0.0201. The number of amides is 1. The maximum absolute atomic E-state index is 13.6. The number of fused-ring (bicyclic) bond motifs is 1. The molecule has 0 aromatic heterocycles.